The first-order valence-corrected chi connectivity index (χ1v) is 12.3. The van der Waals surface area contributed by atoms with Crippen molar-refractivity contribution < 1.29 is 0 Å². The molecule has 0 aliphatic carbocycles. The Morgan fingerprint density at radius 1 is 0.867 bits per heavy atom. The molecule has 0 radical (unpaired) electrons. The van der Waals surface area contributed by atoms with Gasteiger partial charge in [0.15, 0.2) is 5.65 Å². The number of thiophene rings is 1. The monoisotopic (exact) mass is 421 g/mol. The zero-order valence-electron chi connectivity index (χ0n) is 18.0. The van der Waals surface area contributed by atoms with Crippen LogP contribution in [0.4, 0.5) is 11.8 Å². The zero-order chi connectivity index (χ0) is 20.5. The van der Waals surface area contributed by atoms with Crippen LogP contribution in [0.2, 0.25) is 0 Å². The van der Waals surface area contributed by atoms with Crippen LogP contribution in [0.25, 0.3) is 22.3 Å². The molecule has 0 unspecified atom stereocenters. The van der Waals surface area contributed by atoms with Gasteiger partial charge in [0, 0.05) is 37.1 Å². The number of hydrogen-bond donors (Lipinski definition) is 0. The molecule has 2 fully saturated rings. The van der Waals surface area contributed by atoms with Crippen LogP contribution in [-0.2, 0) is 0 Å². The Balaban J connectivity index is 1.61. The molecule has 30 heavy (non-hydrogen) atoms. The maximum absolute atomic E-state index is 5.15. The molecule has 2 aliphatic heterocycles. The molecule has 2 aliphatic rings. The zero-order valence-corrected chi connectivity index (χ0v) is 18.9. The first-order valence-electron chi connectivity index (χ1n) is 11.4. The minimum atomic E-state index is 0.666. The molecule has 0 spiro atoms. The average molecular weight is 422 g/mol. The number of piperidine rings is 1. The van der Waals surface area contributed by atoms with E-state index in [0.29, 0.717) is 11.8 Å². The summed E-state index contributed by atoms with van der Waals surface area (Å²) in [5, 5.41) is 5.34. The van der Waals surface area contributed by atoms with Gasteiger partial charge in [-0.2, -0.15) is 21.3 Å². The second kappa shape index (κ2) is 8.50. The molecular formula is C24H31N5S. The van der Waals surface area contributed by atoms with E-state index in [4.69, 9.17) is 15.0 Å². The van der Waals surface area contributed by atoms with Gasteiger partial charge in [-0.25, -0.2) is 4.98 Å². The van der Waals surface area contributed by atoms with Gasteiger partial charge in [0.2, 0.25) is 5.95 Å². The van der Waals surface area contributed by atoms with E-state index in [9.17, 15) is 0 Å². The van der Waals surface area contributed by atoms with Crippen molar-refractivity contribution in [1.29, 1.82) is 0 Å². The third kappa shape index (κ3) is 4.02. The lowest BCUT2D eigenvalue weighted by Crippen LogP contribution is -2.40. The van der Waals surface area contributed by atoms with Crippen molar-refractivity contribution in [2.45, 2.75) is 46.0 Å². The molecule has 0 saturated carbocycles. The van der Waals surface area contributed by atoms with Crippen LogP contribution < -0.4 is 9.80 Å². The molecular weight excluding hydrogens is 390 g/mol. The number of nitrogens with zero attached hydrogens (tertiary/aromatic N) is 5. The quantitative estimate of drug-likeness (QED) is 0.549. The molecule has 5 heterocycles. The Morgan fingerprint density at radius 2 is 1.63 bits per heavy atom. The fraction of sp³-hybridized carbons (Fsp3) is 0.542. The standard InChI is InChI=1S/C24H31N5S/c1-17-13-18(2)15-29(14-17)24-26-22-20(7-8-21(25-22)19-9-12-30-16-19)23(27-24)28-10-5-3-4-6-11-28/h7-9,12,16-18H,3-6,10-11,13-15H2,1-2H3/t17-,18+. The Morgan fingerprint density at radius 3 is 2.33 bits per heavy atom. The molecule has 0 amide bonds. The number of pyridine rings is 1. The van der Waals surface area contributed by atoms with Crippen LogP contribution in [0.5, 0.6) is 0 Å². The van der Waals surface area contributed by atoms with E-state index in [2.05, 4.69) is 52.6 Å². The summed E-state index contributed by atoms with van der Waals surface area (Å²) in [5.41, 5.74) is 2.99. The summed E-state index contributed by atoms with van der Waals surface area (Å²) in [4.78, 5) is 20.0. The van der Waals surface area contributed by atoms with E-state index in [1.54, 1.807) is 11.3 Å². The van der Waals surface area contributed by atoms with Gasteiger partial charge >= 0.3 is 0 Å². The summed E-state index contributed by atoms with van der Waals surface area (Å²) in [5.74, 6) is 3.27. The van der Waals surface area contributed by atoms with Crippen LogP contribution in [0.1, 0.15) is 46.0 Å². The summed E-state index contributed by atoms with van der Waals surface area (Å²) >= 11 is 1.71. The van der Waals surface area contributed by atoms with Crippen molar-refractivity contribution >= 4 is 34.1 Å². The maximum Gasteiger partial charge on any atom is 0.229 e. The van der Waals surface area contributed by atoms with Crippen molar-refractivity contribution in [2.24, 2.45) is 11.8 Å². The van der Waals surface area contributed by atoms with Crippen LogP contribution in [0, 0.1) is 11.8 Å². The number of rotatable bonds is 3. The number of aromatic nitrogens is 3. The van der Waals surface area contributed by atoms with Crippen LogP contribution in [0.15, 0.2) is 29.0 Å². The van der Waals surface area contributed by atoms with Crippen molar-refractivity contribution in [3.8, 4) is 11.3 Å². The van der Waals surface area contributed by atoms with Crippen LogP contribution >= 0.6 is 11.3 Å². The van der Waals surface area contributed by atoms with Crippen molar-refractivity contribution in [3.63, 3.8) is 0 Å². The van der Waals surface area contributed by atoms with E-state index in [0.717, 1.165) is 54.7 Å². The lowest BCUT2D eigenvalue weighted by Gasteiger charge is -2.35. The topological polar surface area (TPSA) is 45.2 Å². The van der Waals surface area contributed by atoms with Gasteiger partial charge in [-0.1, -0.05) is 26.7 Å². The second-order valence-corrected chi connectivity index (χ2v) is 9.96. The molecule has 0 aromatic carbocycles. The summed E-state index contributed by atoms with van der Waals surface area (Å²) < 4.78 is 0. The highest BCUT2D eigenvalue weighted by atomic mass is 32.1. The van der Waals surface area contributed by atoms with Gasteiger partial charge in [-0.05, 0) is 54.7 Å². The van der Waals surface area contributed by atoms with Crippen molar-refractivity contribution in [1.82, 2.24) is 15.0 Å². The number of fused-ring (bicyclic) bond motifs is 1. The van der Waals surface area contributed by atoms with E-state index in [-0.39, 0.29) is 0 Å². The third-order valence-corrected chi connectivity index (χ3v) is 7.09. The molecule has 3 aromatic heterocycles. The lowest BCUT2D eigenvalue weighted by atomic mass is 9.92. The predicted octanol–water partition coefficient (Wildman–Crippen LogP) is 5.62. The van der Waals surface area contributed by atoms with E-state index >= 15 is 0 Å². The third-order valence-electron chi connectivity index (χ3n) is 6.40. The normalized spacial score (nSPS) is 23.0. The molecule has 5 rings (SSSR count). The van der Waals surface area contributed by atoms with Gasteiger partial charge in [0.1, 0.15) is 5.82 Å². The second-order valence-electron chi connectivity index (χ2n) is 9.18. The maximum atomic E-state index is 5.15. The minimum absolute atomic E-state index is 0.666. The summed E-state index contributed by atoms with van der Waals surface area (Å²) in [7, 11) is 0. The van der Waals surface area contributed by atoms with Crippen LogP contribution in [0.3, 0.4) is 0 Å². The van der Waals surface area contributed by atoms with Crippen molar-refractivity contribution in [3.05, 3.63) is 29.0 Å². The SMILES string of the molecule is C[C@@H]1C[C@H](C)CN(c2nc(N3CCCCCC3)c3ccc(-c4ccsc4)nc3n2)C1. The summed E-state index contributed by atoms with van der Waals surface area (Å²) in [6, 6.07) is 6.44. The molecule has 6 heteroatoms. The lowest BCUT2D eigenvalue weighted by molar-refractivity contribution is 0.354. The van der Waals surface area contributed by atoms with Crippen LogP contribution in [-0.4, -0.2) is 41.1 Å². The molecule has 158 valence electrons. The Hall–Kier alpha value is -2.21. The first kappa shape index (κ1) is 19.7. The van der Waals surface area contributed by atoms with Gasteiger partial charge in [-0.3, -0.25) is 0 Å². The highest BCUT2D eigenvalue weighted by molar-refractivity contribution is 7.08. The molecule has 2 saturated heterocycles. The summed E-state index contributed by atoms with van der Waals surface area (Å²) in [6.45, 7) is 8.88. The largest absolute Gasteiger partial charge is 0.356 e. The Labute approximate surface area is 183 Å². The smallest absolute Gasteiger partial charge is 0.229 e. The molecule has 0 bridgehead atoms. The van der Waals surface area contributed by atoms with Gasteiger partial charge < -0.3 is 9.80 Å². The molecule has 3 aromatic rings. The highest BCUT2D eigenvalue weighted by Gasteiger charge is 2.26. The first-order chi connectivity index (χ1) is 14.7. The molecule has 2 atom stereocenters. The average Bonchev–Trinajstić information content (AvgIpc) is 3.15. The fourth-order valence-corrected chi connectivity index (χ4v) is 5.69. The Bertz CT molecular complexity index is 984. The fourth-order valence-electron chi connectivity index (χ4n) is 5.05. The molecule has 0 N–H and O–H groups in total. The summed E-state index contributed by atoms with van der Waals surface area (Å²) in [6.07, 6.45) is 6.38. The molecule has 5 nitrogen and oxygen atoms in total. The van der Waals surface area contributed by atoms with Crippen molar-refractivity contribution in [2.75, 3.05) is 36.0 Å². The van der Waals surface area contributed by atoms with Gasteiger partial charge in [0.05, 0.1) is 11.1 Å². The van der Waals surface area contributed by atoms with E-state index < -0.39 is 0 Å². The van der Waals surface area contributed by atoms with Gasteiger partial charge in [0.25, 0.3) is 0 Å². The van der Waals surface area contributed by atoms with Gasteiger partial charge in [-0.15, -0.1) is 0 Å². The Kier molecular flexibility index (Phi) is 5.59. The number of hydrogen-bond acceptors (Lipinski definition) is 6. The number of anilines is 2. The minimum Gasteiger partial charge on any atom is -0.356 e. The van der Waals surface area contributed by atoms with E-state index in [1.165, 1.54) is 37.7 Å². The van der Waals surface area contributed by atoms with E-state index in [1.807, 2.05) is 0 Å². The predicted molar refractivity (Wildman–Crippen MR) is 126 cm³/mol. The highest BCUT2D eigenvalue weighted by Crippen LogP contribution is 2.32.